The molecular weight excluding hydrogens is 289 g/mol. The molecule has 0 spiro atoms. The van der Waals surface area contributed by atoms with Crippen LogP contribution in [0.25, 0.3) is 6.08 Å². The lowest BCUT2D eigenvalue weighted by atomic mass is 10.2. The van der Waals surface area contributed by atoms with E-state index in [-0.39, 0.29) is 19.1 Å². The van der Waals surface area contributed by atoms with Crippen LogP contribution in [0.15, 0.2) is 24.3 Å². The number of hydrogen-bond acceptors (Lipinski definition) is 3. The second-order valence-electron chi connectivity index (χ2n) is 3.86. The fourth-order valence-electron chi connectivity index (χ4n) is 1.32. The molecule has 1 unspecified atom stereocenters. The van der Waals surface area contributed by atoms with Crippen LogP contribution in [0, 0.1) is 0 Å². The number of ether oxygens (including phenoxy) is 1. The average Bonchev–Trinajstić information content (AvgIpc) is 2.38. The molecule has 0 aliphatic heterocycles. The molecule has 0 heterocycles. The predicted octanol–water partition coefficient (Wildman–Crippen LogP) is 2.13. The molecule has 1 aromatic rings. The van der Waals surface area contributed by atoms with Crippen molar-refractivity contribution in [3.63, 3.8) is 0 Å². The number of methoxy groups -OCH3 is 1. The molecule has 0 aliphatic rings. The lowest BCUT2D eigenvalue weighted by molar-refractivity contribution is -0.117. The van der Waals surface area contributed by atoms with E-state index in [4.69, 9.17) is 27.9 Å². The van der Waals surface area contributed by atoms with Gasteiger partial charge in [-0.3, -0.25) is 4.79 Å². The molecule has 4 nitrogen and oxygen atoms in total. The molecule has 19 heavy (non-hydrogen) atoms. The van der Waals surface area contributed by atoms with Crippen LogP contribution in [0.3, 0.4) is 0 Å². The summed E-state index contributed by atoms with van der Waals surface area (Å²) in [7, 11) is 1.48. The highest BCUT2D eigenvalue weighted by molar-refractivity contribution is 6.42. The summed E-state index contributed by atoms with van der Waals surface area (Å²) in [5.74, 6) is -0.304. The van der Waals surface area contributed by atoms with Crippen LogP contribution >= 0.6 is 23.2 Å². The third-order valence-electron chi connectivity index (χ3n) is 2.24. The summed E-state index contributed by atoms with van der Waals surface area (Å²) in [5, 5.41) is 12.8. The molecule has 1 rings (SSSR count). The van der Waals surface area contributed by atoms with E-state index in [1.807, 2.05) is 0 Å². The second kappa shape index (κ2) is 8.17. The lowest BCUT2D eigenvalue weighted by Gasteiger charge is -2.09. The Hall–Kier alpha value is -1.07. The first-order chi connectivity index (χ1) is 9.02. The zero-order chi connectivity index (χ0) is 14.3. The third kappa shape index (κ3) is 6.07. The van der Waals surface area contributed by atoms with Gasteiger partial charge in [0.25, 0.3) is 0 Å². The maximum Gasteiger partial charge on any atom is 0.244 e. The quantitative estimate of drug-likeness (QED) is 0.792. The summed E-state index contributed by atoms with van der Waals surface area (Å²) >= 11 is 11.6. The Morgan fingerprint density at radius 1 is 1.47 bits per heavy atom. The van der Waals surface area contributed by atoms with Crippen molar-refractivity contribution in [2.75, 3.05) is 20.3 Å². The Morgan fingerprint density at radius 3 is 2.84 bits per heavy atom. The van der Waals surface area contributed by atoms with Gasteiger partial charge in [0.05, 0.1) is 22.8 Å². The van der Waals surface area contributed by atoms with Crippen molar-refractivity contribution in [2.24, 2.45) is 0 Å². The molecular formula is C13H15Cl2NO3. The molecule has 0 saturated carbocycles. The Balaban J connectivity index is 2.47. The van der Waals surface area contributed by atoms with E-state index in [2.05, 4.69) is 5.32 Å². The maximum atomic E-state index is 11.5. The number of aliphatic hydroxyl groups is 1. The van der Waals surface area contributed by atoms with Crippen LogP contribution in [-0.4, -0.2) is 37.4 Å². The highest BCUT2D eigenvalue weighted by Gasteiger charge is 2.04. The average molecular weight is 304 g/mol. The van der Waals surface area contributed by atoms with Crippen molar-refractivity contribution in [3.8, 4) is 0 Å². The molecule has 2 N–H and O–H groups in total. The second-order valence-corrected chi connectivity index (χ2v) is 4.68. The van der Waals surface area contributed by atoms with E-state index < -0.39 is 6.10 Å². The van der Waals surface area contributed by atoms with Gasteiger partial charge in [-0.05, 0) is 23.8 Å². The van der Waals surface area contributed by atoms with E-state index in [1.54, 1.807) is 24.3 Å². The zero-order valence-electron chi connectivity index (χ0n) is 10.4. The van der Waals surface area contributed by atoms with Gasteiger partial charge < -0.3 is 15.2 Å². The summed E-state index contributed by atoms with van der Waals surface area (Å²) in [4.78, 5) is 11.5. The maximum absolute atomic E-state index is 11.5. The zero-order valence-corrected chi connectivity index (χ0v) is 11.9. The van der Waals surface area contributed by atoms with Crippen LogP contribution in [0.5, 0.6) is 0 Å². The van der Waals surface area contributed by atoms with Gasteiger partial charge in [-0.2, -0.15) is 0 Å². The minimum atomic E-state index is -0.715. The van der Waals surface area contributed by atoms with Crippen LogP contribution in [0.2, 0.25) is 10.0 Å². The van der Waals surface area contributed by atoms with Gasteiger partial charge >= 0.3 is 0 Å². The number of nitrogens with one attached hydrogen (secondary N) is 1. The molecule has 1 atom stereocenters. The van der Waals surface area contributed by atoms with Crippen molar-refractivity contribution in [2.45, 2.75) is 6.10 Å². The number of benzene rings is 1. The van der Waals surface area contributed by atoms with E-state index >= 15 is 0 Å². The molecule has 0 fully saturated rings. The van der Waals surface area contributed by atoms with Gasteiger partial charge in [-0.25, -0.2) is 0 Å². The van der Waals surface area contributed by atoms with E-state index in [0.29, 0.717) is 10.0 Å². The fraction of sp³-hybridized carbons (Fsp3) is 0.308. The number of amides is 1. The summed E-state index contributed by atoms with van der Waals surface area (Å²) in [6.07, 6.45) is 2.26. The van der Waals surface area contributed by atoms with Gasteiger partial charge in [-0.1, -0.05) is 29.3 Å². The number of carbonyl (C=O) groups is 1. The number of rotatable bonds is 6. The summed E-state index contributed by atoms with van der Waals surface area (Å²) in [6.45, 7) is 0.315. The van der Waals surface area contributed by atoms with Crippen LogP contribution in [0.1, 0.15) is 5.56 Å². The SMILES string of the molecule is COCC(O)CNC(=O)C=Cc1ccc(Cl)c(Cl)c1. The van der Waals surface area contributed by atoms with Crippen LogP contribution in [-0.2, 0) is 9.53 Å². The third-order valence-corrected chi connectivity index (χ3v) is 2.98. The van der Waals surface area contributed by atoms with Gasteiger partial charge in [0.1, 0.15) is 0 Å². The van der Waals surface area contributed by atoms with Crippen molar-refractivity contribution < 1.29 is 14.6 Å². The van der Waals surface area contributed by atoms with E-state index in [1.165, 1.54) is 13.2 Å². The topological polar surface area (TPSA) is 58.6 Å². The van der Waals surface area contributed by atoms with E-state index in [0.717, 1.165) is 5.56 Å². The van der Waals surface area contributed by atoms with Crippen LogP contribution in [0.4, 0.5) is 0 Å². The Morgan fingerprint density at radius 2 is 2.21 bits per heavy atom. The molecule has 0 bridgehead atoms. The highest BCUT2D eigenvalue weighted by Crippen LogP contribution is 2.22. The van der Waals surface area contributed by atoms with Crippen molar-refractivity contribution in [1.82, 2.24) is 5.32 Å². The van der Waals surface area contributed by atoms with Gasteiger partial charge in [0.2, 0.25) is 5.91 Å². The molecule has 104 valence electrons. The standard InChI is InChI=1S/C13H15Cl2NO3/c1-19-8-10(17)7-16-13(18)5-3-9-2-4-11(14)12(15)6-9/h2-6,10,17H,7-8H2,1H3,(H,16,18). The van der Waals surface area contributed by atoms with Gasteiger partial charge in [0.15, 0.2) is 0 Å². The molecule has 0 saturated heterocycles. The number of hydrogen-bond donors (Lipinski definition) is 2. The smallest absolute Gasteiger partial charge is 0.244 e. The predicted molar refractivity (Wildman–Crippen MR) is 76.4 cm³/mol. The fourth-order valence-corrected chi connectivity index (χ4v) is 1.62. The first kappa shape index (κ1) is 16.0. The van der Waals surface area contributed by atoms with E-state index in [9.17, 15) is 9.90 Å². The summed E-state index contributed by atoms with van der Waals surface area (Å²) < 4.78 is 4.74. The lowest BCUT2D eigenvalue weighted by Crippen LogP contribution is -2.33. The Kier molecular flexibility index (Phi) is 6.87. The molecule has 1 aromatic carbocycles. The Labute approximate surface area is 122 Å². The molecule has 0 radical (unpaired) electrons. The molecule has 0 aromatic heterocycles. The first-order valence-corrected chi connectivity index (χ1v) is 6.36. The number of halogens is 2. The molecule has 0 aliphatic carbocycles. The summed E-state index contributed by atoms with van der Waals surface area (Å²) in [5.41, 5.74) is 0.766. The monoisotopic (exact) mass is 303 g/mol. The summed E-state index contributed by atoms with van der Waals surface area (Å²) in [6, 6.07) is 5.06. The van der Waals surface area contributed by atoms with Gasteiger partial charge in [-0.15, -0.1) is 0 Å². The van der Waals surface area contributed by atoms with Crippen LogP contribution < -0.4 is 5.32 Å². The highest BCUT2D eigenvalue weighted by atomic mass is 35.5. The van der Waals surface area contributed by atoms with Gasteiger partial charge in [0, 0.05) is 19.7 Å². The Bertz CT molecular complexity index is 463. The minimum absolute atomic E-state index is 0.137. The first-order valence-electron chi connectivity index (χ1n) is 5.61. The molecule has 1 amide bonds. The normalized spacial score (nSPS) is 12.6. The van der Waals surface area contributed by atoms with Crippen molar-refractivity contribution >= 4 is 35.2 Å². The largest absolute Gasteiger partial charge is 0.389 e. The number of carbonyl (C=O) groups excluding carboxylic acids is 1. The van der Waals surface area contributed by atoms with Crippen molar-refractivity contribution in [1.29, 1.82) is 0 Å². The van der Waals surface area contributed by atoms with Crippen molar-refractivity contribution in [3.05, 3.63) is 39.9 Å². The number of aliphatic hydroxyl groups excluding tert-OH is 1. The minimum Gasteiger partial charge on any atom is -0.389 e. The molecule has 6 heteroatoms.